The van der Waals surface area contributed by atoms with E-state index >= 15 is 0 Å². The van der Waals surface area contributed by atoms with Gasteiger partial charge in [-0.05, 0) is 35.9 Å². The standard InChI is InChI=1S/C19H15N3O5S/c1-28(26,27)10-3-4-14(20)11(7-10)9-2-5-15-12(6-9)16-13(19(24)25)8-21-17(16)18(23)22-15/h2-8,21H,20H2,1H3,(H,22,23)(H,24,25). The molecule has 0 saturated heterocycles. The Morgan fingerprint density at radius 1 is 1.14 bits per heavy atom. The van der Waals surface area contributed by atoms with Gasteiger partial charge >= 0.3 is 5.97 Å². The molecular formula is C19H15N3O5S. The van der Waals surface area contributed by atoms with Crippen molar-refractivity contribution in [3.8, 4) is 11.1 Å². The largest absolute Gasteiger partial charge is 0.478 e. The Kier molecular flexibility index (Phi) is 3.79. The van der Waals surface area contributed by atoms with Gasteiger partial charge in [0.2, 0.25) is 0 Å². The lowest BCUT2D eigenvalue weighted by atomic mass is 9.99. The summed E-state index contributed by atoms with van der Waals surface area (Å²) in [5.41, 5.74) is 7.68. The number of nitrogen functional groups attached to an aromatic ring is 1. The second kappa shape index (κ2) is 5.96. The molecular weight excluding hydrogens is 382 g/mol. The molecule has 0 fully saturated rings. The third kappa shape index (κ3) is 2.72. The second-order valence-electron chi connectivity index (χ2n) is 6.49. The van der Waals surface area contributed by atoms with Crippen LogP contribution >= 0.6 is 0 Å². The number of rotatable bonds is 3. The maximum atomic E-state index is 12.2. The van der Waals surface area contributed by atoms with E-state index in [0.29, 0.717) is 27.7 Å². The number of anilines is 1. The molecule has 2 heterocycles. The van der Waals surface area contributed by atoms with E-state index in [2.05, 4.69) is 9.97 Å². The van der Waals surface area contributed by atoms with E-state index in [4.69, 9.17) is 5.73 Å². The lowest BCUT2D eigenvalue weighted by molar-refractivity contribution is 0.0699. The SMILES string of the molecule is CS(=O)(=O)c1ccc(N)c(-c2ccc3[nH]c(=O)c4[nH]cc(C(=O)O)c4c3c2)c1. The van der Waals surface area contributed by atoms with E-state index < -0.39 is 21.4 Å². The molecule has 4 aromatic rings. The van der Waals surface area contributed by atoms with Crippen molar-refractivity contribution in [2.24, 2.45) is 0 Å². The van der Waals surface area contributed by atoms with Crippen molar-refractivity contribution in [2.75, 3.05) is 12.0 Å². The van der Waals surface area contributed by atoms with Gasteiger partial charge in [0.1, 0.15) is 5.52 Å². The van der Waals surface area contributed by atoms with Crippen LogP contribution < -0.4 is 11.3 Å². The highest BCUT2D eigenvalue weighted by Gasteiger charge is 2.17. The predicted octanol–water partition coefficient (Wildman–Crippen LogP) is 2.36. The number of carboxylic acid groups (broad SMARTS) is 1. The Hall–Kier alpha value is -3.59. The number of aromatic nitrogens is 2. The van der Waals surface area contributed by atoms with Crippen molar-refractivity contribution in [3.05, 3.63) is 58.5 Å². The van der Waals surface area contributed by atoms with Gasteiger partial charge in [-0.1, -0.05) is 6.07 Å². The van der Waals surface area contributed by atoms with E-state index in [0.717, 1.165) is 6.26 Å². The summed E-state index contributed by atoms with van der Waals surface area (Å²) < 4.78 is 23.8. The topological polar surface area (TPSA) is 146 Å². The predicted molar refractivity (Wildman–Crippen MR) is 106 cm³/mol. The number of aromatic carboxylic acids is 1. The van der Waals surface area contributed by atoms with Gasteiger partial charge in [-0.15, -0.1) is 0 Å². The van der Waals surface area contributed by atoms with Crippen LogP contribution in [0.3, 0.4) is 0 Å². The molecule has 9 heteroatoms. The molecule has 0 aliphatic rings. The zero-order chi connectivity index (χ0) is 20.2. The van der Waals surface area contributed by atoms with E-state index in [1.165, 1.54) is 24.4 Å². The Labute approximate surface area is 158 Å². The van der Waals surface area contributed by atoms with Crippen LogP contribution in [0.1, 0.15) is 10.4 Å². The van der Waals surface area contributed by atoms with Crippen LogP contribution in [-0.4, -0.2) is 35.7 Å². The molecule has 0 aliphatic carbocycles. The number of H-pyrrole nitrogens is 2. The molecule has 2 aromatic carbocycles. The number of nitrogens with one attached hydrogen (secondary N) is 2. The van der Waals surface area contributed by atoms with Crippen molar-refractivity contribution in [2.45, 2.75) is 4.90 Å². The quantitative estimate of drug-likeness (QED) is 0.390. The maximum Gasteiger partial charge on any atom is 0.337 e. The summed E-state index contributed by atoms with van der Waals surface area (Å²) in [6.45, 7) is 0. The fourth-order valence-corrected chi connectivity index (χ4v) is 3.93. The van der Waals surface area contributed by atoms with Crippen LogP contribution in [0, 0.1) is 0 Å². The number of hydrogen-bond acceptors (Lipinski definition) is 5. The Morgan fingerprint density at radius 3 is 2.57 bits per heavy atom. The third-order valence-electron chi connectivity index (χ3n) is 4.64. The first kappa shape index (κ1) is 17.8. The Balaban J connectivity index is 2.07. The zero-order valence-corrected chi connectivity index (χ0v) is 15.4. The summed E-state index contributed by atoms with van der Waals surface area (Å²) in [6.07, 6.45) is 2.38. The Morgan fingerprint density at radius 2 is 1.89 bits per heavy atom. The summed E-state index contributed by atoms with van der Waals surface area (Å²) in [5, 5.41) is 10.3. The highest BCUT2D eigenvalue weighted by Crippen LogP contribution is 2.33. The molecule has 0 spiro atoms. The first-order valence-electron chi connectivity index (χ1n) is 8.17. The lowest BCUT2D eigenvalue weighted by Crippen LogP contribution is -2.07. The number of sulfone groups is 1. The molecule has 0 aliphatic heterocycles. The molecule has 0 saturated carbocycles. The zero-order valence-electron chi connectivity index (χ0n) is 14.6. The molecule has 0 amide bonds. The molecule has 0 bridgehead atoms. The fourth-order valence-electron chi connectivity index (χ4n) is 3.28. The second-order valence-corrected chi connectivity index (χ2v) is 8.51. The van der Waals surface area contributed by atoms with E-state index in [9.17, 15) is 23.1 Å². The molecule has 5 N–H and O–H groups in total. The number of benzene rings is 2. The fraction of sp³-hybridized carbons (Fsp3) is 0.0526. The van der Waals surface area contributed by atoms with Gasteiger partial charge < -0.3 is 20.8 Å². The Bertz CT molecular complexity index is 1450. The van der Waals surface area contributed by atoms with Gasteiger partial charge in [-0.2, -0.15) is 0 Å². The summed E-state index contributed by atoms with van der Waals surface area (Å²) in [5.74, 6) is -1.16. The first-order valence-corrected chi connectivity index (χ1v) is 10.1. The minimum atomic E-state index is -3.43. The molecule has 28 heavy (non-hydrogen) atoms. The number of fused-ring (bicyclic) bond motifs is 3. The monoisotopic (exact) mass is 397 g/mol. The van der Waals surface area contributed by atoms with Gasteiger partial charge in [0.15, 0.2) is 9.84 Å². The third-order valence-corrected chi connectivity index (χ3v) is 5.75. The summed E-state index contributed by atoms with van der Waals surface area (Å²) in [6, 6.07) is 9.43. The van der Waals surface area contributed by atoms with Crippen LogP contribution in [0.5, 0.6) is 0 Å². The summed E-state index contributed by atoms with van der Waals surface area (Å²) >= 11 is 0. The van der Waals surface area contributed by atoms with Gasteiger partial charge in [-0.3, -0.25) is 4.79 Å². The number of pyridine rings is 1. The molecule has 0 radical (unpaired) electrons. The van der Waals surface area contributed by atoms with Gasteiger partial charge in [0.05, 0.1) is 10.5 Å². The summed E-state index contributed by atoms with van der Waals surface area (Å²) in [4.78, 5) is 29.3. The number of carbonyl (C=O) groups is 1. The molecule has 2 aromatic heterocycles. The first-order chi connectivity index (χ1) is 13.2. The molecule has 0 unspecified atom stereocenters. The van der Waals surface area contributed by atoms with Gasteiger partial charge in [0, 0.05) is 40.0 Å². The highest BCUT2D eigenvalue weighted by molar-refractivity contribution is 7.90. The molecule has 142 valence electrons. The molecule has 8 nitrogen and oxygen atoms in total. The average Bonchev–Trinajstić information content (AvgIpc) is 3.07. The van der Waals surface area contributed by atoms with Crippen LogP contribution in [0.15, 0.2) is 52.3 Å². The molecule has 0 atom stereocenters. The van der Waals surface area contributed by atoms with Crippen molar-refractivity contribution < 1.29 is 18.3 Å². The smallest absolute Gasteiger partial charge is 0.337 e. The normalized spacial score (nSPS) is 11.9. The van der Waals surface area contributed by atoms with Crippen molar-refractivity contribution in [1.29, 1.82) is 0 Å². The van der Waals surface area contributed by atoms with Gasteiger partial charge in [0.25, 0.3) is 5.56 Å². The number of aromatic amines is 2. The van der Waals surface area contributed by atoms with E-state index in [-0.39, 0.29) is 21.4 Å². The van der Waals surface area contributed by atoms with Crippen LogP contribution in [0.4, 0.5) is 5.69 Å². The van der Waals surface area contributed by atoms with Gasteiger partial charge in [-0.25, -0.2) is 13.2 Å². The van der Waals surface area contributed by atoms with Crippen molar-refractivity contribution in [3.63, 3.8) is 0 Å². The lowest BCUT2D eigenvalue weighted by Gasteiger charge is -2.10. The van der Waals surface area contributed by atoms with Crippen molar-refractivity contribution >= 4 is 43.3 Å². The maximum absolute atomic E-state index is 12.2. The number of hydrogen-bond donors (Lipinski definition) is 4. The van der Waals surface area contributed by atoms with Crippen LogP contribution in [0.25, 0.3) is 32.9 Å². The minimum Gasteiger partial charge on any atom is -0.478 e. The van der Waals surface area contributed by atoms with Crippen LogP contribution in [-0.2, 0) is 9.84 Å². The van der Waals surface area contributed by atoms with E-state index in [1.54, 1.807) is 18.2 Å². The number of nitrogens with two attached hydrogens (primary N) is 1. The number of carboxylic acids is 1. The molecule has 4 rings (SSSR count). The van der Waals surface area contributed by atoms with Crippen molar-refractivity contribution in [1.82, 2.24) is 9.97 Å². The van der Waals surface area contributed by atoms with E-state index in [1.807, 2.05) is 0 Å². The highest BCUT2D eigenvalue weighted by atomic mass is 32.2. The van der Waals surface area contributed by atoms with Crippen LogP contribution in [0.2, 0.25) is 0 Å². The summed E-state index contributed by atoms with van der Waals surface area (Å²) in [7, 11) is -3.43. The minimum absolute atomic E-state index is 0.0268. The average molecular weight is 397 g/mol.